The summed E-state index contributed by atoms with van der Waals surface area (Å²) in [5, 5.41) is 8.98. The number of carbonyl (C=O) groups excluding carboxylic acids is 1. The van der Waals surface area contributed by atoms with Gasteiger partial charge in [-0.1, -0.05) is 11.6 Å². The van der Waals surface area contributed by atoms with E-state index in [9.17, 15) is 4.79 Å². The van der Waals surface area contributed by atoms with E-state index in [1.54, 1.807) is 17.1 Å². The topological polar surface area (TPSA) is 97.7 Å². The summed E-state index contributed by atoms with van der Waals surface area (Å²) in [6.45, 7) is 1.99. The first-order valence-electron chi connectivity index (χ1n) is 8.89. The van der Waals surface area contributed by atoms with Gasteiger partial charge in [-0.2, -0.15) is 5.10 Å². The molecule has 0 aliphatic heterocycles. The molecule has 0 spiro atoms. The van der Waals surface area contributed by atoms with Gasteiger partial charge in [0.05, 0.1) is 11.7 Å². The third-order valence-corrected chi connectivity index (χ3v) is 5.24. The number of aryl methyl sites for hydroxylation is 1. The molecule has 1 aliphatic rings. The number of aromatic amines is 1. The van der Waals surface area contributed by atoms with Crippen LogP contribution in [0.15, 0.2) is 30.6 Å². The van der Waals surface area contributed by atoms with E-state index in [1.165, 1.54) is 0 Å². The van der Waals surface area contributed by atoms with Crippen LogP contribution in [-0.2, 0) is 7.05 Å². The number of aromatic nitrogens is 5. The molecule has 2 N–H and O–H groups in total. The van der Waals surface area contributed by atoms with Crippen molar-refractivity contribution in [2.24, 2.45) is 7.05 Å². The van der Waals surface area contributed by atoms with Crippen molar-refractivity contribution in [1.82, 2.24) is 30.0 Å². The molecule has 1 amide bonds. The number of hydrogen-bond donors (Lipinski definition) is 2. The van der Waals surface area contributed by atoms with Gasteiger partial charge in [-0.15, -0.1) is 0 Å². The molecule has 1 saturated carbocycles. The van der Waals surface area contributed by atoms with Gasteiger partial charge in [0.25, 0.3) is 0 Å². The summed E-state index contributed by atoms with van der Waals surface area (Å²) in [6, 6.07) is 5.58. The predicted octanol–water partition coefficient (Wildman–Crippen LogP) is 3.81. The van der Waals surface area contributed by atoms with Crippen LogP contribution in [-0.4, -0.2) is 36.4 Å². The number of nitrogens with one attached hydrogen (secondary N) is 2. The zero-order valence-corrected chi connectivity index (χ0v) is 16.0. The number of rotatable bonds is 3. The molecule has 0 radical (unpaired) electrons. The molecule has 1 aromatic carbocycles. The highest BCUT2D eigenvalue weighted by molar-refractivity contribution is 6.31. The lowest BCUT2D eigenvalue weighted by Gasteiger charge is -2.10. The Bertz CT molecular complexity index is 1240. The molecule has 4 aromatic rings. The predicted molar refractivity (Wildman–Crippen MR) is 105 cm³/mol. The van der Waals surface area contributed by atoms with Crippen LogP contribution in [0.4, 0.5) is 4.79 Å². The number of nitrogens with zero attached hydrogens (tertiary/aromatic N) is 4. The maximum absolute atomic E-state index is 12.2. The van der Waals surface area contributed by atoms with E-state index in [4.69, 9.17) is 16.3 Å². The quantitative estimate of drug-likeness (QED) is 0.548. The van der Waals surface area contributed by atoms with Gasteiger partial charge >= 0.3 is 6.09 Å². The smallest absolute Gasteiger partial charge is 0.406 e. The van der Waals surface area contributed by atoms with E-state index in [0.29, 0.717) is 33.3 Å². The number of fused-ring (bicyclic) bond motifs is 2. The molecule has 5 rings (SSSR count). The zero-order valence-electron chi connectivity index (χ0n) is 15.3. The molecular formula is C19H17ClN6O2. The van der Waals surface area contributed by atoms with Crippen molar-refractivity contribution in [3.05, 3.63) is 35.6 Å². The highest BCUT2D eigenvalue weighted by Gasteiger charge is 2.39. The molecule has 3 heterocycles. The van der Waals surface area contributed by atoms with Crippen LogP contribution in [0.25, 0.3) is 33.5 Å². The third kappa shape index (κ3) is 2.86. The number of H-pyrrole nitrogens is 1. The van der Waals surface area contributed by atoms with Crippen molar-refractivity contribution >= 4 is 39.8 Å². The second kappa shape index (κ2) is 5.93. The SMILES string of the molecule is Cn1nc(-c2cnc3[nH]cc(OC(=O)NC4(C)CC4)c3n2)c2ccc(Cl)cc21. The lowest BCUT2D eigenvalue weighted by molar-refractivity contribution is 0.196. The van der Waals surface area contributed by atoms with Gasteiger partial charge in [0.2, 0.25) is 0 Å². The largest absolute Gasteiger partial charge is 0.413 e. The van der Waals surface area contributed by atoms with Crippen LogP contribution >= 0.6 is 11.6 Å². The first-order chi connectivity index (χ1) is 13.4. The number of hydrogen-bond acceptors (Lipinski definition) is 5. The Morgan fingerprint density at radius 3 is 3.00 bits per heavy atom. The van der Waals surface area contributed by atoms with Crippen molar-refractivity contribution in [2.75, 3.05) is 0 Å². The van der Waals surface area contributed by atoms with Crippen molar-refractivity contribution < 1.29 is 9.53 Å². The van der Waals surface area contributed by atoms with Gasteiger partial charge in [-0.25, -0.2) is 14.8 Å². The Hall–Kier alpha value is -3.13. The van der Waals surface area contributed by atoms with Crippen molar-refractivity contribution in [3.63, 3.8) is 0 Å². The summed E-state index contributed by atoms with van der Waals surface area (Å²) >= 11 is 6.10. The minimum atomic E-state index is -0.494. The fraction of sp³-hybridized carbons (Fsp3) is 0.263. The second-order valence-corrected chi connectivity index (χ2v) is 7.75. The molecule has 1 aliphatic carbocycles. The lowest BCUT2D eigenvalue weighted by atomic mass is 10.2. The number of ether oxygens (including phenoxy) is 1. The van der Waals surface area contributed by atoms with Gasteiger partial charge in [-0.3, -0.25) is 4.68 Å². The van der Waals surface area contributed by atoms with Crippen molar-refractivity contribution in [3.8, 4) is 17.1 Å². The number of carbonyl (C=O) groups is 1. The summed E-state index contributed by atoms with van der Waals surface area (Å²) in [7, 11) is 1.85. The van der Waals surface area contributed by atoms with Crippen LogP contribution in [0.5, 0.6) is 5.75 Å². The van der Waals surface area contributed by atoms with E-state index in [2.05, 4.69) is 25.4 Å². The number of amides is 1. The van der Waals surface area contributed by atoms with E-state index in [1.807, 2.05) is 32.2 Å². The summed E-state index contributed by atoms with van der Waals surface area (Å²) in [4.78, 5) is 24.2. The van der Waals surface area contributed by atoms with Gasteiger partial charge in [-0.05, 0) is 38.0 Å². The summed E-state index contributed by atoms with van der Waals surface area (Å²) in [5.41, 5.74) is 3.01. The molecule has 0 bridgehead atoms. The zero-order chi connectivity index (χ0) is 19.5. The molecular weight excluding hydrogens is 380 g/mol. The number of halogens is 1. The van der Waals surface area contributed by atoms with Crippen molar-refractivity contribution in [1.29, 1.82) is 0 Å². The molecule has 9 heteroatoms. The molecule has 0 saturated heterocycles. The van der Waals surface area contributed by atoms with E-state index in [-0.39, 0.29) is 5.54 Å². The van der Waals surface area contributed by atoms with Crippen LogP contribution < -0.4 is 10.1 Å². The molecule has 0 unspecified atom stereocenters. The maximum Gasteiger partial charge on any atom is 0.413 e. The minimum Gasteiger partial charge on any atom is -0.406 e. The standard InChI is InChI=1S/C19H17ClN6O2/c1-19(5-6-19)24-18(27)28-14-9-22-17-16(14)23-12(8-21-17)15-11-4-3-10(20)7-13(11)26(2)25-15/h3-4,7-9H,5-6H2,1-2H3,(H,21,22)(H,24,27). The summed E-state index contributed by atoms with van der Waals surface area (Å²) < 4.78 is 7.21. The molecule has 8 nitrogen and oxygen atoms in total. The second-order valence-electron chi connectivity index (χ2n) is 7.31. The molecule has 28 heavy (non-hydrogen) atoms. The lowest BCUT2D eigenvalue weighted by Crippen LogP contribution is -2.36. The van der Waals surface area contributed by atoms with Gasteiger partial charge in [0.1, 0.15) is 11.4 Å². The summed E-state index contributed by atoms with van der Waals surface area (Å²) in [6.07, 6.45) is 4.64. The van der Waals surface area contributed by atoms with Gasteiger partial charge in [0.15, 0.2) is 16.9 Å². The minimum absolute atomic E-state index is 0.159. The molecule has 1 fully saturated rings. The van der Waals surface area contributed by atoms with Crippen molar-refractivity contribution in [2.45, 2.75) is 25.3 Å². The molecule has 0 atom stereocenters. The normalized spacial score (nSPS) is 15.1. The summed E-state index contributed by atoms with van der Waals surface area (Å²) in [5.74, 6) is 0.328. The molecule has 142 valence electrons. The fourth-order valence-electron chi connectivity index (χ4n) is 3.16. The van der Waals surface area contributed by atoms with Crippen LogP contribution in [0.2, 0.25) is 5.02 Å². The Balaban J connectivity index is 1.54. The maximum atomic E-state index is 12.2. The third-order valence-electron chi connectivity index (χ3n) is 5.01. The first kappa shape index (κ1) is 17.0. The Morgan fingerprint density at radius 1 is 1.39 bits per heavy atom. The number of benzene rings is 1. The van der Waals surface area contributed by atoms with Crippen LogP contribution in [0.3, 0.4) is 0 Å². The highest BCUT2D eigenvalue weighted by atomic mass is 35.5. The van der Waals surface area contributed by atoms with E-state index >= 15 is 0 Å². The van der Waals surface area contributed by atoms with Crippen LogP contribution in [0.1, 0.15) is 19.8 Å². The average Bonchev–Trinajstić information content (AvgIpc) is 3.11. The first-order valence-corrected chi connectivity index (χ1v) is 9.26. The Morgan fingerprint density at radius 2 is 2.21 bits per heavy atom. The van der Waals surface area contributed by atoms with Gasteiger partial charge < -0.3 is 15.0 Å². The van der Waals surface area contributed by atoms with Gasteiger partial charge in [0, 0.05) is 29.2 Å². The monoisotopic (exact) mass is 396 g/mol. The van der Waals surface area contributed by atoms with E-state index < -0.39 is 6.09 Å². The molecule has 3 aromatic heterocycles. The van der Waals surface area contributed by atoms with E-state index in [0.717, 1.165) is 23.7 Å². The fourth-order valence-corrected chi connectivity index (χ4v) is 3.33. The highest BCUT2D eigenvalue weighted by Crippen LogP contribution is 2.35. The Labute approximate surface area is 164 Å². The van der Waals surface area contributed by atoms with Crippen LogP contribution in [0, 0.1) is 0 Å². The average molecular weight is 397 g/mol. The Kier molecular flexibility index (Phi) is 3.60.